The number of carbonyl (C=O) groups is 1. The fourth-order valence-corrected chi connectivity index (χ4v) is 2.74. The Morgan fingerprint density at radius 3 is 2.60 bits per heavy atom. The maximum Gasteiger partial charge on any atom is 0.224 e. The number of benzene rings is 2. The highest BCUT2D eigenvalue weighted by Gasteiger charge is 2.16. The number of likely N-dealkylation sites (tertiary alicyclic amines) is 1. The Morgan fingerprint density at radius 2 is 1.80 bits per heavy atom. The molecule has 0 radical (unpaired) electrons. The zero-order chi connectivity index (χ0) is 13.8. The van der Waals surface area contributed by atoms with E-state index in [0.717, 1.165) is 31.6 Å². The largest absolute Gasteiger partial charge is 0.385 e. The first kappa shape index (κ1) is 13.0. The topological polar surface area (TPSA) is 32.3 Å². The van der Waals surface area contributed by atoms with Gasteiger partial charge in [0.2, 0.25) is 5.91 Å². The first-order chi connectivity index (χ1) is 9.83. The van der Waals surface area contributed by atoms with Crippen molar-refractivity contribution >= 4 is 22.4 Å². The molecule has 0 saturated carbocycles. The van der Waals surface area contributed by atoms with E-state index in [0.29, 0.717) is 13.0 Å². The van der Waals surface area contributed by atoms with E-state index < -0.39 is 0 Å². The van der Waals surface area contributed by atoms with Gasteiger partial charge in [0.05, 0.1) is 0 Å². The third kappa shape index (κ3) is 2.93. The molecule has 1 amide bonds. The van der Waals surface area contributed by atoms with Crippen LogP contribution in [0.15, 0.2) is 42.5 Å². The van der Waals surface area contributed by atoms with Crippen LogP contribution < -0.4 is 5.32 Å². The number of hydrogen-bond acceptors (Lipinski definition) is 2. The summed E-state index contributed by atoms with van der Waals surface area (Å²) in [6.07, 6.45) is 2.89. The summed E-state index contributed by atoms with van der Waals surface area (Å²) in [5.41, 5.74) is 1.08. The molecule has 0 unspecified atom stereocenters. The molecule has 0 atom stereocenters. The molecule has 1 N–H and O–H groups in total. The van der Waals surface area contributed by atoms with Gasteiger partial charge in [0, 0.05) is 31.7 Å². The predicted octanol–water partition coefficient (Wildman–Crippen LogP) is 3.26. The van der Waals surface area contributed by atoms with Crippen molar-refractivity contribution in [1.29, 1.82) is 0 Å². The SMILES string of the molecule is O=C(CCNc1ccc2ccccc2c1)N1CCCC1. The van der Waals surface area contributed by atoms with Crippen LogP contribution in [0, 0.1) is 0 Å². The Hall–Kier alpha value is -2.03. The van der Waals surface area contributed by atoms with Crippen LogP contribution in [0.3, 0.4) is 0 Å². The fraction of sp³-hybridized carbons (Fsp3) is 0.353. The van der Waals surface area contributed by atoms with Crippen molar-refractivity contribution in [2.45, 2.75) is 19.3 Å². The standard InChI is InChI=1S/C17H20N2O/c20-17(19-11-3-4-12-19)9-10-18-16-8-7-14-5-1-2-6-15(14)13-16/h1-2,5-8,13,18H,3-4,9-12H2. The zero-order valence-corrected chi connectivity index (χ0v) is 11.6. The second-order valence-electron chi connectivity index (χ2n) is 5.33. The van der Waals surface area contributed by atoms with E-state index in [9.17, 15) is 4.79 Å². The van der Waals surface area contributed by atoms with Crippen molar-refractivity contribution in [3.63, 3.8) is 0 Å². The number of nitrogens with zero attached hydrogens (tertiary/aromatic N) is 1. The van der Waals surface area contributed by atoms with Crippen molar-refractivity contribution in [3.8, 4) is 0 Å². The molecule has 1 fully saturated rings. The van der Waals surface area contributed by atoms with Crippen molar-refractivity contribution in [2.24, 2.45) is 0 Å². The Morgan fingerprint density at radius 1 is 1.05 bits per heavy atom. The van der Waals surface area contributed by atoms with Crippen LogP contribution in [0.1, 0.15) is 19.3 Å². The van der Waals surface area contributed by atoms with Crippen LogP contribution in [0.2, 0.25) is 0 Å². The molecular weight excluding hydrogens is 248 g/mol. The van der Waals surface area contributed by atoms with Gasteiger partial charge in [0.25, 0.3) is 0 Å². The minimum Gasteiger partial charge on any atom is -0.385 e. The highest BCUT2D eigenvalue weighted by atomic mass is 16.2. The highest BCUT2D eigenvalue weighted by molar-refractivity contribution is 5.85. The molecule has 3 nitrogen and oxygen atoms in total. The van der Waals surface area contributed by atoms with Crippen LogP contribution in [0.5, 0.6) is 0 Å². The van der Waals surface area contributed by atoms with E-state index in [1.165, 1.54) is 10.8 Å². The summed E-state index contributed by atoms with van der Waals surface area (Å²) < 4.78 is 0. The van der Waals surface area contributed by atoms with Gasteiger partial charge >= 0.3 is 0 Å². The summed E-state index contributed by atoms with van der Waals surface area (Å²) in [7, 11) is 0. The normalized spacial score (nSPS) is 14.7. The molecular formula is C17H20N2O. The predicted molar refractivity (Wildman–Crippen MR) is 82.9 cm³/mol. The third-order valence-corrected chi connectivity index (χ3v) is 3.88. The van der Waals surface area contributed by atoms with Gasteiger partial charge in [-0.05, 0) is 35.7 Å². The summed E-state index contributed by atoms with van der Waals surface area (Å²) in [5, 5.41) is 5.81. The molecule has 0 aliphatic carbocycles. The van der Waals surface area contributed by atoms with Gasteiger partial charge in [-0.1, -0.05) is 30.3 Å². The van der Waals surface area contributed by atoms with Crippen LogP contribution >= 0.6 is 0 Å². The van der Waals surface area contributed by atoms with E-state index in [2.05, 4.69) is 35.6 Å². The number of rotatable bonds is 4. The molecule has 1 aliphatic heterocycles. The number of carbonyl (C=O) groups excluding carboxylic acids is 1. The summed E-state index contributed by atoms with van der Waals surface area (Å²) in [4.78, 5) is 13.9. The Balaban J connectivity index is 1.55. The summed E-state index contributed by atoms with van der Waals surface area (Å²) in [6.45, 7) is 2.58. The Labute approximate surface area is 119 Å². The molecule has 0 aromatic heterocycles. The highest BCUT2D eigenvalue weighted by Crippen LogP contribution is 2.18. The molecule has 104 valence electrons. The molecule has 1 saturated heterocycles. The first-order valence-electron chi connectivity index (χ1n) is 7.33. The molecule has 3 rings (SSSR count). The van der Waals surface area contributed by atoms with E-state index in [-0.39, 0.29) is 5.91 Å². The maximum absolute atomic E-state index is 11.9. The van der Waals surface area contributed by atoms with E-state index >= 15 is 0 Å². The van der Waals surface area contributed by atoms with E-state index in [1.807, 2.05) is 17.0 Å². The number of nitrogens with one attached hydrogen (secondary N) is 1. The Bertz CT molecular complexity index is 603. The average Bonchev–Trinajstić information content (AvgIpc) is 3.01. The number of amides is 1. The van der Waals surface area contributed by atoms with Crippen molar-refractivity contribution in [3.05, 3.63) is 42.5 Å². The summed E-state index contributed by atoms with van der Waals surface area (Å²) >= 11 is 0. The summed E-state index contributed by atoms with van der Waals surface area (Å²) in [6, 6.07) is 14.6. The zero-order valence-electron chi connectivity index (χ0n) is 11.6. The third-order valence-electron chi connectivity index (χ3n) is 3.88. The lowest BCUT2D eigenvalue weighted by atomic mass is 10.1. The molecule has 0 spiro atoms. The van der Waals surface area contributed by atoms with Crippen molar-refractivity contribution in [1.82, 2.24) is 4.90 Å². The van der Waals surface area contributed by atoms with Gasteiger partial charge in [-0.15, -0.1) is 0 Å². The fourth-order valence-electron chi connectivity index (χ4n) is 2.74. The van der Waals surface area contributed by atoms with Crippen LogP contribution in [-0.4, -0.2) is 30.4 Å². The lowest BCUT2D eigenvalue weighted by Gasteiger charge is -2.15. The molecule has 0 bridgehead atoms. The van der Waals surface area contributed by atoms with Crippen LogP contribution in [0.4, 0.5) is 5.69 Å². The lowest BCUT2D eigenvalue weighted by Crippen LogP contribution is -2.29. The smallest absolute Gasteiger partial charge is 0.224 e. The average molecular weight is 268 g/mol. The van der Waals surface area contributed by atoms with Gasteiger partial charge in [0.15, 0.2) is 0 Å². The van der Waals surface area contributed by atoms with Gasteiger partial charge < -0.3 is 10.2 Å². The Kier molecular flexibility index (Phi) is 3.86. The minimum atomic E-state index is 0.274. The van der Waals surface area contributed by atoms with Crippen LogP contribution in [-0.2, 0) is 4.79 Å². The molecule has 3 heteroatoms. The van der Waals surface area contributed by atoms with Gasteiger partial charge in [-0.2, -0.15) is 0 Å². The van der Waals surface area contributed by atoms with E-state index in [1.54, 1.807) is 0 Å². The van der Waals surface area contributed by atoms with E-state index in [4.69, 9.17) is 0 Å². The number of fused-ring (bicyclic) bond motifs is 1. The first-order valence-corrected chi connectivity index (χ1v) is 7.33. The molecule has 20 heavy (non-hydrogen) atoms. The second-order valence-corrected chi connectivity index (χ2v) is 5.33. The molecule has 2 aromatic carbocycles. The van der Waals surface area contributed by atoms with Gasteiger partial charge in [0.1, 0.15) is 0 Å². The van der Waals surface area contributed by atoms with Gasteiger partial charge in [-0.25, -0.2) is 0 Å². The summed E-state index contributed by atoms with van der Waals surface area (Å²) in [5.74, 6) is 0.274. The maximum atomic E-state index is 11.9. The number of hydrogen-bond donors (Lipinski definition) is 1. The molecule has 2 aromatic rings. The van der Waals surface area contributed by atoms with Crippen molar-refractivity contribution in [2.75, 3.05) is 25.0 Å². The van der Waals surface area contributed by atoms with Gasteiger partial charge in [-0.3, -0.25) is 4.79 Å². The second kappa shape index (κ2) is 5.95. The molecule has 1 aliphatic rings. The molecule has 1 heterocycles. The van der Waals surface area contributed by atoms with Crippen LogP contribution in [0.25, 0.3) is 10.8 Å². The number of anilines is 1. The van der Waals surface area contributed by atoms with Crippen molar-refractivity contribution < 1.29 is 4.79 Å². The quantitative estimate of drug-likeness (QED) is 0.923. The minimum absolute atomic E-state index is 0.274. The lowest BCUT2D eigenvalue weighted by molar-refractivity contribution is -0.129. The monoisotopic (exact) mass is 268 g/mol.